The highest BCUT2D eigenvalue weighted by atomic mass is 16.7. The maximum absolute atomic E-state index is 11.7. The monoisotopic (exact) mass is 249 g/mol. The normalized spacial score (nSPS) is 25.9. The number of ether oxygens (including phenoxy) is 4. The van der Waals surface area contributed by atoms with Crippen molar-refractivity contribution in [3.63, 3.8) is 0 Å². The van der Waals surface area contributed by atoms with Gasteiger partial charge < -0.3 is 29.0 Å². The Morgan fingerprint density at radius 1 is 1.29 bits per heavy atom. The first-order chi connectivity index (χ1) is 8.17. The molecular weight excluding hydrogens is 230 g/mol. The predicted molar refractivity (Wildman–Crippen MR) is 57.1 cm³/mol. The number of likely N-dealkylation sites (tertiary alicyclic amines) is 1. The predicted octanol–water partition coefficient (Wildman–Crippen LogP) is -1.20. The number of amides is 1. The standard InChI is InChI=1S/C10H19NO6/c1-14-4-7(12)8-9(17-6-16-3)10(13)11(8)5-15-2/h7-9,12H,4-6H2,1-3H3/t7-,8+,9-/m1/s1. The quantitative estimate of drug-likeness (QED) is 0.430. The van der Waals surface area contributed by atoms with Crippen molar-refractivity contribution in [3.05, 3.63) is 0 Å². The summed E-state index contributed by atoms with van der Waals surface area (Å²) in [5.41, 5.74) is 0. The van der Waals surface area contributed by atoms with Crippen LogP contribution in [0.25, 0.3) is 0 Å². The summed E-state index contributed by atoms with van der Waals surface area (Å²) in [6, 6.07) is -0.461. The number of hydrogen-bond donors (Lipinski definition) is 1. The van der Waals surface area contributed by atoms with Gasteiger partial charge in [-0.25, -0.2) is 0 Å². The minimum Gasteiger partial charge on any atom is -0.388 e. The van der Waals surface area contributed by atoms with Crippen LogP contribution in [0, 0.1) is 0 Å². The van der Waals surface area contributed by atoms with Gasteiger partial charge in [-0.3, -0.25) is 4.79 Å². The second-order valence-corrected chi connectivity index (χ2v) is 3.73. The summed E-state index contributed by atoms with van der Waals surface area (Å²) in [5, 5.41) is 9.86. The number of methoxy groups -OCH3 is 3. The van der Waals surface area contributed by atoms with Crippen molar-refractivity contribution < 1.29 is 28.8 Å². The van der Waals surface area contributed by atoms with E-state index in [1.165, 1.54) is 26.2 Å². The number of β-lactam (4-membered cyclic amide) rings is 1. The van der Waals surface area contributed by atoms with Crippen LogP contribution in [0.4, 0.5) is 0 Å². The smallest absolute Gasteiger partial charge is 0.256 e. The summed E-state index contributed by atoms with van der Waals surface area (Å²) in [6.07, 6.45) is -1.51. The van der Waals surface area contributed by atoms with Gasteiger partial charge in [0, 0.05) is 21.3 Å². The van der Waals surface area contributed by atoms with Crippen LogP contribution in [0.3, 0.4) is 0 Å². The van der Waals surface area contributed by atoms with E-state index in [0.717, 1.165) is 0 Å². The fraction of sp³-hybridized carbons (Fsp3) is 0.900. The molecule has 0 saturated carbocycles. The van der Waals surface area contributed by atoms with Crippen molar-refractivity contribution in [2.45, 2.75) is 18.2 Å². The summed E-state index contributed by atoms with van der Waals surface area (Å²) >= 11 is 0. The highest BCUT2D eigenvalue weighted by Gasteiger charge is 2.51. The van der Waals surface area contributed by atoms with E-state index in [2.05, 4.69) is 0 Å². The lowest BCUT2D eigenvalue weighted by Crippen LogP contribution is -2.70. The molecule has 1 fully saturated rings. The minimum absolute atomic E-state index is 0.00737. The molecule has 100 valence electrons. The highest BCUT2D eigenvalue weighted by Crippen LogP contribution is 2.26. The Kier molecular flexibility index (Phi) is 5.79. The van der Waals surface area contributed by atoms with Gasteiger partial charge in [0.25, 0.3) is 5.91 Å². The summed E-state index contributed by atoms with van der Waals surface area (Å²) in [6.45, 7) is 0.259. The molecule has 7 heteroatoms. The van der Waals surface area contributed by atoms with Crippen molar-refractivity contribution >= 4 is 5.91 Å². The number of rotatable bonds is 8. The van der Waals surface area contributed by atoms with E-state index in [1.54, 1.807) is 0 Å². The van der Waals surface area contributed by atoms with E-state index < -0.39 is 18.2 Å². The number of hydrogen-bond acceptors (Lipinski definition) is 6. The molecule has 1 saturated heterocycles. The van der Waals surface area contributed by atoms with E-state index in [0.29, 0.717) is 0 Å². The Bertz CT molecular complexity index is 249. The lowest BCUT2D eigenvalue weighted by atomic mass is 9.93. The van der Waals surface area contributed by atoms with Gasteiger partial charge in [0.05, 0.1) is 12.6 Å². The van der Waals surface area contributed by atoms with Crippen LogP contribution in [-0.4, -0.2) is 75.6 Å². The average Bonchev–Trinajstić information content (AvgIpc) is 2.31. The van der Waals surface area contributed by atoms with Crippen molar-refractivity contribution in [2.24, 2.45) is 0 Å². The molecule has 0 radical (unpaired) electrons. The number of aliphatic hydroxyl groups is 1. The molecule has 1 heterocycles. The summed E-state index contributed by atoms with van der Waals surface area (Å²) in [5.74, 6) is -0.218. The van der Waals surface area contributed by atoms with Crippen LogP contribution in [-0.2, 0) is 23.7 Å². The van der Waals surface area contributed by atoms with Gasteiger partial charge in [0.1, 0.15) is 19.6 Å². The van der Waals surface area contributed by atoms with Crippen LogP contribution < -0.4 is 0 Å². The molecule has 0 aromatic carbocycles. The van der Waals surface area contributed by atoms with E-state index in [1.807, 2.05) is 0 Å². The molecule has 1 aliphatic heterocycles. The van der Waals surface area contributed by atoms with Gasteiger partial charge in [-0.2, -0.15) is 0 Å². The molecule has 0 aliphatic carbocycles. The molecule has 17 heavy (non-hydrogen) atoms. The molecule has 1 N–H and O–H groups in total. The second kappa shape index (κ2) is 6.87. The summed E-state index contributed by atoms with van der Waals surface area (Å²) in [4.78, 5) is 13.1. The SMILES string of the molecule is COCO[C@H]1C(=O)N(COC)[C@H]1[C@H](O)COC. The average molecular weight is 249 g/mol. The topological polar surface area (TPSA) is 77.5 Å². The molecule has 7 nitrogen and oxygen atoms in total. The molecule has 1 amide bonds. The second-order valence-electron chi connectivity index (χ2n) is 3.73. The molecule has 3 atom stereocenters. The molecule has 0 unspecified atom stereocenters. The first-order valence-corrected chi connectivity index (χ1v) is 5.24. The first-order valence-electron chi connectivity index (χ1n) is 5.24. The summed E-state index contributed by atoms with van der Waals surface area (Å²) < 4.78 is 19.7. The highest BCUT2D eigenvalue weighted by molar-refractivity contribution is 5.88. The van der Waals surface area contributed by atoms with Gasteiger partial charge in [-0.15, -0.1) is 0 Å². The van der Waals surface area contributed by atoms with E-state index >= 15 is 0 Å². The fourth-order valence-corrected chi connectivity index (χ4v) is 1.82. The van der Waals surface area contributed by atoms with Crippen LogP contribution >= 0.6 is 0 Å². The molecule has 1 rings (SSSR count). The van der Waals surface area contributed by atoms with Gasteiger partial charge in [0.15, 0.2) is 6.10 Å². The van der Waals surface area contributed by atoms with Gasteiger partial charge in [-0.05, 0) is 0 Å². The fourth-order valence-electron chi connectivity index (χ4n) is 1.82. The largest absolute Gasteiger partial charge is 0.388 e. The van der Waals surface area contributed by atoms with Gasteiger partial charge >= 0.3 is 0 Å². The van der Waals surface area contributed by atoms with Crippen LogP contribution in [0.5, 0.6) is 0 Å². The van der Waals surface area contributed by atoms with Crippen molar-refractivity contribution in [1.29, 1.82) is 0 Å². The Morgan fingerprint density at radius 2 is 2.00 bits per heavy atom. The Balaban J connectivity index is 2.59. The van der Waals surface area contributed by atoms with Crippen LogP contribution in [0.1, 0.15) is 0 Å². The lowest BCUT2D eigenvalue weighted by Gasteiger charge is -2.47. The number of nitrogens with zero attached hydrogens (tertiary/aromatic N) is 1. The maximum Gasteiger partial charge on any atom is 0.256 e. The molecule has 0 bridgehead atoms. The van der Waals surface area contributed by atoms with Crippen LogP contribution in [0.15, 0.2) is 0 Å². The lowest BCUT2D eigenvalue weighted by molar-refractivity contribution is -0.210. The number of carbonyl (C=O) groups excluding carboxylic acids is 1. The zero-order chi connectivity index (χ0) is 12.8. The van der Waals surface area contributed by atoms with Gasteiger partial charge in [0.2, 0.25) is 0 Å². The first kappa shape index (κ1) is 14.3. The molecule has 0 aromatic rings. The van der Waals surface area contributed by atoms with Crippen molar-refractivity contribution in [3.8, 4) is 0 Å². The number of aliphatic hydroxyl groups excluding tert-OH is 1. The molecule has 0 spiro atoms. The molecule has 1 aliphatic rings. The molecule has 0 aromatic heterocycles. The third kappa shape index (κ3) is 3.14. The summed E-state index contributed by atoms with van der Waals surface area (Å²) in [7, 11) is 4.43. The van der Waals surface area contributed by atoms with E-state index in [4.69, 9.17) is 18.9 Å². The third-order valence-electron chi connectivity index (χ3n) is 2.56. The molecular formula is C10H19NO6. The van der Waals surface area contributed by atoms with Crippen molar-refractivity contribution in [2.75, 3.05) is 41.5 Å². The van der Waals surface area contributed by atoms with E-state index in [9.17, 15) is 9.90 Å². The minimum atomic E-state index is -0.810. The van der Waals surface area contributed by atoms with Crippen molar-refractivity contribution in [1.82, 2.24) is 4.90 Å². The Labute approximate surface area is 100 Å². The van der Waals surface area contributed by atoms with Gasteiger partial charge in [-0.1, -0.05) is 0 Å². The Hall–Kier alpha value is -0.730. The zero-order valence-electron chi connectivity index (χ0n) is 10.3. The maximum atomic E-state index is 11.7. The third-order valence-corrected chi connectivity index (χ3v) is 2.56. The van der Waals surface area contributed by atoms with Crippen LogP contribution in [0.2, 0.25) is 0 Å². The number of carbonyl (C=O) groups is 1. The Morgan fingerprint density at radius 3 is 2.53 bits per heavy atom. The zero-order valence-corrected chi connectivity index (χ0v) is 10.3. The van der Waals surface area contributed by atoms with E-state index in [-0.39, 0.29) is 26.0 Å².